The number of nitrogens with two attached hydrogens (primary N) is 1. The second-order valence-electron chi connectivity index (χ2n) is 3.12. The number of Topliss-reactive ketones (excluding diaryl/α,β-unsaturated/α-hetero) is 1. The molecule has 0 spiro atoms. The third-order valence-corrected chi connectivity index (χ3v) is 3.80. The van der Waals surface area contributed by atoms with Gasteiger partial charge in [-0.2, -0.15) is 11.3 Å². The van der Waals surface area contributed by atoms with Crippen LogP contribution in [0.25, 0.3) is 0 Å². The summed E-state index contributed by atoms with van der Waals surface area (Å²) in [6.45, 7) is 0. The average molecular weight is 246 g/mol. The van der Waals surface area contributed by atoms with E-state index in [2.05, 4.69) is 15.9 Å². The quantitative estimate of drug-likeness (QED) is 0.813. The third kappa shape index (κ3) is 1.24. The molecule has 2 N–H and O–H groups in total. The summed E-state index contributed by atoms with van der Waals surface area (Å²) in [6, 6.07) is 0. The zero-order valence-corrected chi connectivity index (χ0v) is 8.74. The van der Waals surface area contributed by atoms with E-state index in [0.29, 0.717) is 0 Å². The normalized spacial score (nSPS) is 19.2. The zero-order valence-electron chi connectivity index (χ0n) is 6.34. The summed E-state index contributed by atoms with van der Waals surface area (Å²) < 4.78 is 0.870. The number of thiophene rings is 1. The number of rotatable bonds is 2. The van der Waals surface area contributed by atoms with Crippen molar-refractivity contribution in [3.05, 3.63) is 20.8 Å². The molecule has 2 rings (SSSR count). The summed E-state index contributed by atoms with van der Waals surface area (Å²) in [5.41, 5.74) is 5.98. The van der Waals surface area contributed by atoms with E-state index in [0.717, 1.165) is 22.9 Å². The molecule has 1 aliphatic carbocycles. The van der Waals surface area contributed by atoms with E-state index in [1.165, 1.54) is 11.3 Å². The minimum absolute atomic E-state index is 0.0793. The molecule has 1 fully saturated rings. The molecule has 1 saturated carbocycles. The largest absolute Gasteiger partial charge is 0.319 e. The van der Waals surface area contributed by atoms with E-state index in [4.69, 9.17) is 5.73 Å². The highest BCUT2D eigenvalue weighted by Gasteiger charge is 2.46. The van der Waals surface area contributed by atoms with Crippen molar-refractivity contribution in [3.8, 4) is 0 Å². The topological polar surface area (TPSA) is 43.1 Å². The molecule has 1 aromatic rings. The summed E-state index contributed by atoms with van der Waals surface area (Å²) in [5.74, 6) is 0.0793. The van der Waals surface area contributed by atoms with E-state index in [1.807, 2.05) is 10.8 Å². The molecular weight excluding hydrogens is 238 g/mol. The van der Waals surface area contributed by atoms with E-state index in [9.17, 15) is 4.79 Å². The molecule has 0 bridgehead atoms. The molecule has 1 aromatic heterocycles. The highest BCUT2D eigenvalue weighted by atomic mass is 79.9. The molecule has 0 atom stereocenters. The van der Waals surface area contributed by atoms with Crippen LogP contribution in [0.1, 0.15) is 23.2 Å². The van der Waals surface area contributed by atoms with Crippen molar-refractivity contribution >= 4 is 33.0 Å². The van der Waals surface area contributed by atoms with Crippen molar-refractivity contribution in [2.75, 3.05) is 0 Å². The summed E-state index contributed by atoms with van der Waals surface area (Å²) in [7, 11) is 0. The van der Waals surface area contributed by atoms with Crippen molar-refractivity contribution in [2.24, 2.45) is 5.73 Å². The number of carbonyl (C=O) groups is 1. The van der Waals surface area contributed by atoms with Gasteiger partial charge >= 0.3 is 0 Å². The molecule has 64 valence electrons. The number of hydrogen-bond donors (Lipinski definition) is 1. The van der Waals surface area contributed by atoms with Crippen LogP contribution < -0.4 is 5.73 Å². The van der Waals surface area contributed by atoms with Crippen LogP contribution in [0.3, 0.4) is 0 Å². The maximum atomic E-state index is 11.7. The number of carbonyl (C=O) groups excluding carboxylic acids is 1. The van der Waals surface area contributed by atoms with Crippen LogP contribution in [-0.4, -0.2) is 11.3 Å². The molecular formula is C8H8BrNOS. The Kier molecular flexibility index (Phi) is 1.86. The Bertz CT molecular complexity index is 330. The molecule has 1 aliphatic rings. The second-order valence-corrected chi connectivity index (χ2v) is 4.72. The van der Waals surface area contributed by atoms with Gasteiger partial charge < -0.3 is 5.73 Å². The lowest BCUT2D eigenvalue weighted by atomic mass is 10.1. The summed E-state index contributed by atoms with van der Waals surface area (Å²) >= 11 is 4.84. The van der Waals surface area contributed by atoms with Crippen LogP contribution in [-0.2, 0) is 0 Å². The average Bonchev–Trinajstić information content (AvgIpc) is 2.63. The second kappa shape index (κ2) is 2.65. The van der Waals surface area contributed by atoms with Crippen LogP contribution in [0.4, 0.5) is 0 Å². The summed E-state index contributed by atoms with van der Waals surface area (Å²) in [5, 5.41) is 3.75. The molecule has 4 heteroatoms. The van der Waals surface area contributed by atoms with Gasteiger partial charge in [-0.1, -0.05) is 0 Å². The van der Waals surface area contributed by atoms with Gasteiger partial charge in [0.1, 0.15) is 0 Å². The fourth-order valence-corrected chi connectivity index (χ4v) is 2.53. The lowest BCUT2D eigenvalue weighted by Crippen LogP contribution is -2.32. The van der Waals surface area contributed by atoms with Gasteiger partial charge in [0.2, 0.25) is 0 Å². The molecule has 12 heavy (non-hydrogen) atoms. The summed E-state index contributed by atoms with van der Waals surface area (Å²) in [6.07, 6.45) is 1.66. The molecule has 0 saturated heterocycles. The SMILES string of the molecule is NC1(C(=O)c2cscc2Br)CC1. The summed E-state index contributed by atoms with van der Waals surface area (Å²) in [4.78, 5) is 11.7. The number of hydrogen-bond acceptors (Lipinski definition) is 3. The predicted molar refractivity (Wildman–Crippen MR) is 52.5 cm³/mol. The monoisotopic (exact) mass is 245 g/mol. The van der Waals surface area contributed by atoms with Gasteiger partial charge in [-0.05, 0) is 28.8 Å². The Balaban J connectivity index is 2.31. The number of halogens is 1. The first kappa shape index (κ1) is 8.41. The molecule has 0 amide bonds. The predicted octanol–water partition coefficient (Wildman–Crippen LogP) is 2.18. The highest BCUT2D eigenvalue weighted by Crippen LogP contribution is 2.37. The maximum Gasteiger partial charge on any atom is 0.184 e. The van der Waals surface area contributed by atoms with Gasteiger partial charge in [-0.25, -0.2) is 0 Å². The Morgan fingerprint density at radius 3 is 2.67 bits per heavy atom. The van der Waals surface area contributed by atoms with Gasteiger partial charge in [0, 0.05) is 20.8 Å². The van der Waals surface area contributed by atoms with Crippen LogP contribution in [0.2, 0.25) is 0 Å². The van der Waals surface area contributed by atoms with Gasteiger partial charge in [-0.15, -0.1) is 0 Å². The van der Waals surface area contributed by atoms with Gasteiger partial charge in [-0.3, -0.25) is 4.79 Å². The van der Waals surface area contributed by atoms with E-state index in [-0.39, 0.29) is 5.78 Å². The van der Waals surface area contributed by atoms with Crippen molar-refractivity contribution < 1.29 is 4.79 Å². The molecule has 0 unspecified atom stereocenters. The maximum absolute atomic E-state index is 11.7. The molecule has 0 aliphatic heterocycles. The zero-order chi connectivity index (χ0) is 8.77. The standard InChI is InChI=1S/C8H8BrNOS/c9-6-4-12-3-5(6)7(11)8(10)1-2-8/h3-4H,1-2,10H2. The molecule has 2 nitrogen and oxygen atoms in total. The van der Waals surface area contributed by atoms with Crippen LogP contribution >= 0.6 is 27.3 Å². The van der Waals surface area contributed by atoms with Crippen molar-refractivity contribution in [1.29, 1.82) is 0 Å². The van der Waals surface area contributed by atoms with Crippen molar-refractivity contribution in [2.45, 2.75) is 18.4 Å². The van der Waals surface area contributed by atoms with Gasteiger partial charge in [0.05, 0.1) is 5.54 Å². The van der Waals surface area contributed by atoms with Crippen LogP contribution in [0.15, 0.2) is 15.2 Å². The highest BCUT2D eigenvalue weighted by molar-refractivity contribution is 9.10. The van der Waals surface area contributed by atoms with E-state index < -0.39 is 5.54 Å². The Hall–Kier alpha value is -0.190. The first-order chi connectivity index (χ1) is 5.63. The van der Waals surface area contributed by atoms with E-state index in [1.54, 1.807) is 0 Å². The lowest BCUT2D eigenvalue weighted by molar-refractivity contribution is 0.0949. The third-order valence-electron chi connectivity index (χ3n) is 2.10. The Morgan fingerprint density at radius 1 is 1.58 bits per heavy atom. The Labute approximate surface area is 82.9 Å². The minimum Gasteiger partial charge on any atom is -0.319 e. The fraction of sp³-hybridized carbons (Fsp3) is 0.375. The van der Waals surface area contributed by atoms with Crippen molar-refractivity contribution in [1.82, 2.24) is 0 Å². The molecule has 0 radical (unpaired) electrons. The van der Waals surface area contributed by atoms with Gasteiger partial charge in [0.15, 0.2) is 5.78 Å². The first-order valence-electron chi connectivity index (χ1n) is 3.69. The number of ketones is 1. The van der Waals surface area contributed by atoms with Crippen molar-refractivity contribution in [3.63, 3.8) is 0 Å². The molecule has 0 aromatic carbocycles. The van der Waals surface area contributed by atoms with Crippen LogP contribution in [0.5, 0.6) is 0 Å². The van der Waals surface area contributed by atoms with Crippen LogP contribution in [0, 0.1) is 0 Å². The first-order valence-corrected chi connectivity index (χ1v) is 5.42. The molecule has 1 heterocycles. The van der Waals surface area contributed by atoms with E-state index >= 15 is 0 Å². The lowest BCUT2D eigenvalue weighted by Gasteiger charge is -2.05. The smallest absolute Gasteiger partial charge is 0.184 e. The van der Waals surface area contributed by atoms with Gasteiger partial charge in [0.25, 0.3) is 0 Å². The minimum atomic E-state index is -0.538. The fourth-order valence-electron chi connectivity index (χ4n) is 1.07. The Morgan fingerprint density at radius 2 is 2.25 bits per heavy atom.